The van der Waals surface area contributed by atoms with E-state index >= 15 is 0 Å². The van der Waals surface area contributed by atoms with E-state index in [0.29, 0.717) is 24.7 Å². The van der Waals surface area contributed by atoms with Crippen LogP contribution in [0.15, 0.2) is 42.5 Å². The molecular formula is C18H19FN2O5S. The highest BCUT2D eigenvalue weighted by molar-refractivity contribution is 7.92. The van der Waals surface area contributed by atoms with Crippen molar-refractivity contribution in [1.29, 1.82) is 0 Å². The lowest BCUT2D eigenvalue weighted by molar-refractivity contribution is -0.114. The fourth-order valence-corrected chi connectivity index (χ4v) is 3.65. The van der Waals surface area contributed by atoms with Crippen LogP contribution in [0, 0.1) is 5.82 Å². The molecule has 0 aromatic heterocycles. The second-order valence-electron chi connectivity index (χ2n) is 5.79. The fourth-order valence-electron chi connectivity index (χ4n) is 2.59. The summed E-state index contributed by atoms with van der Waals surface area (Å²) in [5.74, 6) is -0.344. The monoisotopic (exact) mass is 394 g/mol. The Hall–Kier alpha value is -2.81. The van der Waals surface area contributed by atoms with Crippen LogP contribution in [0.1, 0.15) is 6.92 Å². The number of nitrogens with zero attached hydrogens (tertiary/aromatic N) is 1. The minimum Gasteiger partial charge on any atom is -0.486 e. The maximum Gasteiger partial charge on any atom is 0.245 e. The Morgan fingerprint density at radius 1 is 1.15 bits per heavy atom. The van der Waals surface area contributed by atoms with Crippen molar-refractivity contribution in [1.82, 2.24) is 0 Å². The van der Waals surface area contributed by atoms with Gasteiger partial charge < -0.3 is 14.8 Å². The van der Waals surface area contributed by atoms with Crippen LogP contribution >= 0.6 is 0 Å². The molecule has 0 spiro atoms. The highest BCUT2D eigenvalue weighted by Crippen LogP contribution is 2.34. The highest BCUT2D eigenvalue weighted by atomic mass is 32.2. The summed E-state index contributed by atoms with van der Waals surface area (Å²) in [4.78, 5) is 12.4. The van der Waals surface area contributed by atoms with Crippen LogP contribution in [-0.2, 0) is 14.8 Å². The van der Waals surface area contributed by atoms with E-state index < -0.39 is 28.3 Å². The Labute approximate surface area is 156 Å². The van der Waals surface area contributed by atoms with E-state index in [-0.39, 0.29) is 17.1 Å². The van der Waals surface area contributed by atoms with Gasteiger partial charge in [-0.05, 0) is 37.3 Å². The van der Waals surface area contributed by atoms with Crippen LogP contribution in [-0.4, -0.2) is 39.8 Å². The zero-order valence-corrected chi connectivity index (χ0v) is 15.5. The second kappa shape index (κ2) is 7.83. The molecule has 0 saturated carbocycles. The molecule has 144 valence electrons. The van der Waals surface area contributed by atoms with Crippen LogP contribution in [0.2, 0.25) is 0 Å². The third kappa shape index (κ3) is 4.48. The molecule has 0 fully saturated rings. The summed E-state index contributed by atoms with van der Waals surface area (Å²) < 4.78 is 50.2. The van der Waals surface area contributed by atoms with Gasteiger partial charge in [-0.1, -0.05) is 6.07 Å². The standard InChI is InChI=1S/C18H19FN2O5S/c1-2-27(23,24)21(12-18(22)20-14-5-3-4-13(19)10-14)15-6-7-16-17(11-15)26-9-8-25-16/h3-7,10-11H,2,8-9,12H2,1H3,(H,20,22). The van der Waals surface area contributed by atoms with E-state index in [1.807, 2.05) is 0 Å². The molecule has 1 aliphatic rings. The van der Waals surface area contributed by atoms with E-state index in [4.69, 9.17) is 9.47 Å². The maximum absolute atomic E-state index is 13.3. The number of nitrogens with one attached hydrogen (secondary N) is 1. The number of ether oxygens (including phenoxy) is 2. The van der Waals surface area contributed by atoms with Gasteiger partial charge in [0.1, 0.15) is 25.6 Å². The number of hydrogen-bond donors (Lipinski definition) is 1. The lowest BCUT2D eigenvalue weighted by atomic mass is 10.2. The van der Waals surface area contributed by atoms with Crippen molar-refractivity contribution in [3.63, 3.8) is 0 Å². The first-order chi connectivity index (χ1) is 12.9. The predicted molar refractivity (Wildman–Crippen MR) is 99.3 cm³/mol. The summed E-state index contributed by atoms with van der Waals surface area (Å²) in [6.07, 6.45) is 0. The van der Waals surface area contributed by atoms with Gasteiger partial charge in [0, 0.05) is 11.8 Å². The Morgan fingerprint density at radius 2 is 1.89 bits per heavy atom. The number of benzene rings is 2. The minimum atomic E-state index is -3.73. The topological polar surface area (TPSA) is 84.9 Å². The number of rotatable bonds is 6. The Morgan fingerprint density at radius 3 is 2.59 bits per heavy atom. The van der Waals surface area contributed by atoms with Crippen LogP contribution in [0.3, 0.4) is 0 Å². The van der Waals surface area contributed by atoms with Crippen molar-refractivity contribution in [2.75, 3.05) is 35.1 Å². The molecule has 2 aromatic carbocycles. The third-order valence-corrected chi connectivity index (χ3v) is 5.65. The molecule has 7 nitrogen and oxygen atoms in total. The molecule has 27 heavy (non-hydrogen) atoms. The van der Waals surface area contributed by atoms with Crippen molar-refractivity contribution in [3.05, 3.63) is 48.3 Å². The highest BCUT2D eigenvalue weighted by Gasteiger charge is 2.25. The molecule has 0 bridgehead atoms. The molecule has 0 unspecified atom stereocenters. The first-order valence-electron chi connectivity index (χ1n) is 8.34. The lowest BCUT2D eigenvalue weighted by Crippen LogP contribution is -2.39. The zero-order chi connectivity index (χ0) is 19.4. The van der Waals surface area contributed by atoms with Crippen molar-refractivity contribution < 1.29 is 27.1 Å². The first-order valence-corrected chi connectivity index (χ1v) is 9.95. The number of sulfonamides is 1. The minimum absolute atomic E-state index is 0.186. The van der Waals surface area contributed by atoms with Gasteiger partial charge in [0.2, 0.25) is 15.9 Å². The smallest absolute Gasteiger partial charge is 0.245 e. The molecule has 1 amide bonds. The molecule has 3 rings (SSSR count). The third-order valence-electron chi connectivity index (χ3n) is 3.91. The summed E-state index contributed by atoms with van der Waals surface area (Å²) >= 11 is 0. The second-order valence-corrected chi connectivity index (χ2v) is 7.98. The largest absolute Gasteiger partial charge is 0.486 e. The van der Waals surface area contributed by atoms with Gasteiger partial charge in [-0.25, -0.2) is 12.8 Å². The average molecular weight is 394 g/mol. The van der Waals surface area contributed by atoms with Gasteiger partial charge in [-0.3, -0.25) is 9.10 Å². The number of carbonyl (C=O) groups excluding carboxylic acids is 1. The number of anilines is 2. The number of amides is 1. The maximum atomic E-state index is 13.3. The van der Waals surface area contributed by atoms with Gasteiger partial charge in [-0.15, -0.1) is 0 Å². The van der Waals surface area contributed by atoms with E-state index in [1.165, 1.54) is 31.2 Å². The Balaban J connectivity index is 1.85. The van der Waals surface area contributed by atoms with Gasteiger partial charge in [0.25, 0.3) is 0 Å². The predicted octanol–water partition coefficient (Wildman–Crippen LogP) is 2.39. The van der Waals surface area contributed by atoms with Crippen molar-refractivity contribution in [3.8, 4) is 11.5 Å². The van der Waals surface area contributed by atoms with Gasteiger partial charge in [-0.2, -0.15) is 0 Å². The van der Waals surface area contributed by atoms with Gasteiger partial charge in [0.05, 0.1) is 11.4 Å². The Kier molecular flexibility index (Phi) is 5.50. The molecule has 9 heteroatoms. The quantitative estimate of drug-likeness (QED) is 0.813. The number of fused-ring (bicyclic) bond motifs is 1. The molecule has 0 saturated heterocycles. The number of carbonyl (C=O) groups is 1. The number of halogens is 1. The zero-order valence-electron chi connectivity index (χ0n) is 14.6. The first kappa shape index (κ1) is 19.0. The molecule has 0 atom stereocenters. The summed E-state index contributed by atoms with van der Waals surface area (Å²) in [5, 5.41) is 2.50. The summed E-state index contributed by atoms with van der Waals surface area (Å²) in [7, 11) is -3.73. The van der Waals surface area contributed by atoms with E-state index in [0.717, 1.165) is 10.4 Å². The molecule has 1 aliphatic heterocycles. The van der Waals surface area contributed by atoms with Crippen LogP contribution in [0.5, 0.6) is 11.5 Å². The van der Waals surface area contributed by atoms with E-state index in [1.54, 1.807) is 12.1 Å². The molecule has 0 aliphatic carbocycles. The molecule has 1 N–H and O–H groups in total. The fraction of sp³-hybridized carbons (Fsp3) is 0.278. The van der Waals surface area contributed by atoms with Crippen LogP contribution in [0.25, 0.3) is 0 Å². The van der Waals surface area contributed by atoms with E-state index in [9.17, 15) is 17.6 Å². The lowest BCUT2D eigenvalue weighted by Gasteiger charge is -2.25. The van der Waals surface area contributed by atoms with Gasteiger partial charge >= 0.3 is 0 Å². The molecule has 0 radical (unpaired) electrons. The van der Waals surface area contributed by atoms with Crippen LogP contribution in [0.4, 0.5) is 15.8 Å². The summed E-state index contributed by atoms with van der Waals surface area (Å²) in [6, 6.07) is 10.1. The molecule has 2 aromatic rings. The summed E-state index contributed by atoms with van der Waals surface area (Å²) in [6.45, 7) is 1.81. The molecule has 1 heterocycles. The normalized spacial score (nSPS) is 13.1. The summed E-state index contributed by atoms with van der Waals surface area (Å²) in [5.41, 5.74) is 0.534. The van der Waals surface area contributed by atoms with E-state index in [2.05, 4.69) is 5.32 Å². The van der Waals surface area contributed by atoms with Crippen molar-refractivity contribution >= 4 is 27.3 Å². The van der Waals surface area contributed by atoms with Crippen molar-refractivity contribution in [2.24, 2.45) is 0 Å². The average Bonchev–Trinajstić information content (AvgIpc) is 2.65. The Bertz CT molecular complexity index is 949. The van der Waals surface area contributed by atoms with Crippen molar-refractivity contribution in [2.45, 2.75) is 6.92 Å². The van der Waals surface area contributed by atoms with Gasteiger partial charge in [0.15, 0.2) is 11.5 Å². The molecular weight excluding hydrogens is 375 g/mol. The SMILES string of the molecule is CCS(=O)(=O)N(CC(=O)Nc1cccc(F)c1)c1ccc2c(c1)OCCO2. The van der Waals surface area contributed by atoms with Crippen LogP contribution < -0.4 is 19.1 Å². The number of hydrogen-bond acceptors (Lipinski definition) is 5.